The molecule has 0 aliphatic rings. The summed E-state index contributed by atoms with van der Waals surface area (Å²) in [6.07, 6.45) is 1.48. The Morgan fingerprint density at radius 2 is 2.05 bits per heavy atom. The van der Waals surface area contributed by atoms with Gasteiger partial charge < -0.3 is 9.84 Å². The summed E-state index contributed by atoms with van der Waals surface area (Å²) in [5, 5.41) is 13.6. The van der Waals surface area contributed by atoms with Gasteiger partial charge in [0.15, 0.2) is 6.61 Å². The Balaban J connectivity index is 1.81. The summed E-state index contributed by atoms with van der Waals surface area (Å²) < 4.78 is 6.21. The zero-order valence-electron chi connectivity index (χ0n) is 11.3. The summed E-state index contributed by atoms with van der Waals surface area (Å²) in [4.78, 5) is 11.6. The molecule has 7 heteroatoms. The number of hydrogen-bond donors (Lipinski definition) is 2. The number of benzene rings is 2. The second-order valence-electron chi connectivity index (χ2n) is 4.25. The highest BCUT2D eigenvalue weighted by Crippen LogP contribution is 2.24. The van der Waals surface area contributed by atoms with Crippen molar-refractivity contribution in [1.29, 1.82) is 0 Å². The van der Waals surface area contributed by atoms with Crippen molar-refractivity contribution < 1.29 is 14.6 Å². The molecule has 2 aromatic rings. The van der Waals surface area contributed by atoms with Gasteiger partial charge in [-0.05, 0) is 70.6 Å². The third-order valence-electron chi connectivity index (χ3n) is 2.55. The predicted molar refractivity (Wildman–Crippen MR) is 93.5 cm³/mol. The molecule has 22 heavy (non-hydrogen) atoms. The number of carbonyl (C=O) groups is 1. The first-order chi connectivity index (χ1) is 10.5. The van der Waals surface area contributed by atoms with E-state index < -0.39 is 0 Å². The molecule has 0 unspecified atom stereocenters. The average Bonchev–Trinajstić information content (AvgIpc) is 2.48. The predicted octanol–water partition coefficient (Wildman–Crippen LogP) is 3.18. The molecule has 114 valence electrons. The molecule has 0 atom stereocenters. The summed E-state index contributed by atoms with van der Waals surface area (Å²) in [5.41, 5.74) is 3.12. The fourth-order valence-electron chi connectivity index (χ4n) is 1.51. The third-order valence-corrected chi connectivity index (χ3v) is 3.63. The number of aromatic hydroxyl groups is 1. The minimum absolute atomic E-state index is 0.148. The van der Waals surface area contributed by atoms with Gasteiger partial charge >= 0.3 is 0 Å². The number of ether oxygens (including phenoxy) is 1. The normalized spacial score (nSPS) is 10.6. The molecule has 0 saturated carbocycles. The van der Waals surface area contributed by atoms with Gasteiger partial charge in [-0.15, -0.1) is 0 Å². The second-order valence-corrected chi connectivity index (χ2v) is 5.85. The van der Waals surface area contributed by atoms with Crippen LogP contribution in [0.1, 0.15) is 5.56 Å². The zero-order valence-corrected chi connectivity index (χ0v) is 14.2. The van der Waals surface area contributed by atoms with Gasteiger partial charge in [0.05, 0.1) is 9.78 Å². The number of halogens is 2. The van der Waals surface area contributed by atoms with Crippen molar-refractivity contribution in [3.63, 3.8) is 0 Å². The highest BCUT2D eigenvalue weighted by molar-refractivity contribution is 14.1. The highest BCUT2D eigenvalue weighted by atomic mass is 127. The molecule has 0 radical (unpaired) electrons. The maximum Gasteiger partial charge on any atom is 0.277 e. The van der Waals surface area contributed by atoms with Crippen molar-refractivity contribution in [2.45, 2.75) is 0 Å². The second kappa shape index (κ2) is 8.00. The molecule has 0 aromatic heterocycles. The Labute approximate surface area is 146 Å². The van der Waals surface area contributed by atoms with Gasteiger partial charge in [-0.1, -0.05) is 11.6 Å². The van der Waals surface area contributed by atoms with Crippen molar-refractivity contribution in [1.82, 2.24) is 5.43 Å². The molecule has 0 aliphatic carbocycles. The number of nitrogens with one attached hydrogen (secondary N) is 1. The molecule has 2 N–H and O–H groups in total. The van der Waals surface area contributed by atoms with E-state index in [4.69, 9.17) is 21.4 Å². The number of hydrazone groups is 1. The Morgan fingerprint density at radius 1 is 1.32 bits per heavy atom. The van der Waals surface area contributed by atoms with Crippen LogP contribution in [0.5, 0.6) is 11.5 Å². The first kappa shape index (κ1) is 16.6. The van der Waals surface area contributed by atoms with E-state index in [2.05, 4.69) is 33.1 Å². The quantitative estimate of drug-likeness (QED) is 0.435. The lowest BCUT2D eigenvalue weighted by atomic mass is 10.2. The number of hydrogen-bond acceptors (Lipinski definition) is 4. The minimum Gasteiger partial charge on any atom is -0.508 e. The van der Waals surface area contributed by atoms with Gasteiger partial charge in [-0.2, -0.15) is 5.10 Å². The summed E-state index contributed by atoms with van der Waals surface area (Å²) in [6, 6.07) is 11.6. The van der Waals surface area contributed by atoms with E-state index in [-0.39, 0.29) is 18.3 Å². The molecule has 0 heterocycles. The Bertz CT molecular complexity index is 690. The topological polar surface area (TPSA) is 70.9 Å². The average molecular weight is 431 g/mol. The molecule has 2 rings (SSSR count). The smallest absolute Gasteiger partial charge is 0.277 e. The number of phenols is 1. The lowest BCUT2D eigenvalue weighted by Gasteiger charge is -2.07. The molecule has 5 nitrogen and oxygen atoms in total. The molecule has 1 amide bonds. The van der Waals surface area contributed by atoms with Crippen LogP contribution in [-0.2, 0) is 4.79 Å². The SMILES string of the molecule is O=C(COc1ccc(Cl)cc1I)N/N=C\c1ccc(O)cc1. The van der Waals surface area contributed by atoms with Crippen LogP contribution in [0.15, 0.2) is 47.6 Å². The molecule has 0 aliphatic heterocycles. The van der Waals surface area contributed by atoms with Gasteiger partial charge in [0.1, 0.15) is 11.5 Å². The maximum absolute atomic E-state index is 11.6. The molecule has 0 bridgehead atoms. The summed E-state index contributed by atoms with van der Waals surface area (Å²) in [6.45, 7) is -0.148. The monoisotopic (exact) mass is 430 g/mol. The first-order valence-corrected chi connectivity index (χ1v) is 7.69. The van der Waals surface area contributed by atoms with Crippen molar-refractivity contribution in [2.75, 3.05) is 6.61 Å². The van der Waals surface area contributed by atoms with Crippen molar-refractivity contribution in [3.8, 4) is 11.5 Å². The van der Waals surface area contributed by atoms with E-state index in [9.17, 15) is 4.79 Å². The molecule has 0 fully saturated rings. The lowest BCUT2D eigenvalue weighted by Crippen LogP contribution is -2.24. The third kappa shape index (κ3) is 5.19. The van der Waals surface area contributed by atoms with E-state index in [0.717, 1.165) is 9.13 Å². The van der Waals surface area contributed by atoms with Crippen molar-refractivity contribution in [3.05, 3.63) is 56.6 Å². The van der Waals surface area contributed by atoms with Crippen molar-refractivity contribution >= 4 is 46.3 Å². The molecule has 0 saturated heterocycles. The largest absolute Gasteiger partial charge is 0.508 e. The Kier molecular flexibility index (Phi) is 6.02. The molecule has 2 aromatic carbocycles. The van der Waals surface area contributed by atoms with Gasteiger partial charge in [0.25, 0.3) is 5.91 Å². The van der Waals surface area contributed by atoms with E-state index in [0.29, 0.717) is 10.8 Å². The number of carbonyl (C=O) groups excluding carboxylic acids is 1. The van der Waals surface area contributed by atoms with Crippen LogP contribution >= 0.6 is 34.2 Å². The van der Waals surface area contributed by atoms with Gasteiger partial charge in [-0.3, -0.25) is 4.79 Å². The Hall–Kier alpha value is -1.80. The van der Waals surface area contributed by atoms with Crippen molar-refractivity contribution in [2.24, 2.45) is 5.10 Å². The van der Waals surface area contributed by atoms with Crippen LogP contribution in [-0.4, -0.2) is 23.8 Å². The number of rotatable bonds is 5. The van der Waals surface area contributed by atoms with Gasteiger partial charge in [0.2, 0.25) is 0 Å². The Morgan fingerprint density at radius 3 is 2.73 bits per heavy atom. The number of amides is 1. The van der Waals surface area contributed by atoms with Crippen LogP contribution in [0.3, 0.4) is 0 Å². The fourth-order valence-corrected chi connectivity index (χ4v) is 2.53. The van der Waals surface area contributed by atoms with Crippen LogP contribution in [0.25, 0.3) is 0 Å². The lowest BCUT2D eigenvalue weighted by molar-refractivity contribution is -0.123. The van der Waals surface area contributed by atoms with E-state index in [1.54, 1.807) is 30.3 Å². The highest BCUT2D eigenvalue weighted by Gasteiger charge is 2.05. The van der Waals surface area contributed by atoms with E-state index in [1.165, 1.54) is 18.3 Å². The van der Waals surface area contributed by atoms with Crippen LogP contribution < -0.4 is 10.2 Å². The molecular weight excluding hydrogens is 419 g/mol. The van der Waals surface area contributed by atoms with Gasteiger partial charge in [-0.25, -0.2) is 5.43 Å². The number of nitrogens with zero attached hydrogens (tertiary/aromatic N) is 1. The summed E-state index contributed by atoms with van der Waals surface area (Å²) >= 11 is 7.92. The van der Waals surface area contributed by atoms with E-state index >= 15 is 0 Å². The van der Waals surface area contributed by atoms with Crippen LogP contribution in [0.2, 0.25) is 5.02 Å². The first-order valence-electron chi connectivity index (χ1n) is 6.23. The number of phenolic OH excluding ortho intramolecular Hbond substituents is 1. The standard InChI is InChI=1S/C15H12ClIN2O3/c16-11-3-6-14(13(17)7-11)22-9-15(21)19-18-8-10-1-4-12(20)5-2-10/h1-8,20H,9H2,(H,19,21)/b18-8-. The fraction of sp³-hybridized carbons (Fsp3) is 0.0667. The summed E-state index contributed by atoms with van der Waals surface area (Å²) in [7, 11) is 0. The van der Waals surface area contributed by atoms with E-state index in [1.807, 2.05) is 0 Å². The molecular formula is C15H12ClIN2O3. The zero-order chi connectivity index (χ0) is 15.9. The van der Waals surface area contributed by atoms with Crippen LogP contribution in [0.4, 0.5) is 0 Å². The molecule has 0 spiro atoms. The minimum atomic E-state index is -0.374. The maximum atomic E-state index is 11.6. The van der Waals surface area contributed by atoms with Gasteiger partial charge in [0, 0.05) is 5.02 Å². The summed E-state index contributed by atoms with van der Waals surface area (Å²) in [5.74, 6) is 0.385. The van der Waals surface area contributed by atoms with Crippen LogP contribution in [0, 0.1) is 3.57 Å².